The molecule has 20 aromatic rings. The molecule has 6 heterocycles. The number of para-hydroxylation sites is 4. The van der Waals surface area contributed by atoms with E-state index in [1.54, 1.807) is 12.1 Å². The van der Waals surface area contributed by atoms with Gasteiger partial charge in [0.1, 0.15) is 45.6 Å². The van der Waals surface area contributed by atoms with Gasteiger partial charge in [0.05, 0.1) is 5.56 Å². The number of H-pyrrole nitrogens is 2. The quantitative estimate of drug-likeness (QED) is 0.0785. The summed E-state index contributed by atoms with van der Waals surface area (Å²) in [4.78, 5) is 53.9. The lowest BCUT2D eigenvalue weighted by Gasteiger charge is -2.21. The largest absolute Gasteiger partial charge is 0.478 e. The van der Waals surface area contributed by atoms with Gasteiger partial charge in [0.15, 0.2) is 46.3 Å². The molecule has 0 radical (unpaired) electrons. The lowest BCUT2D eigenvalue weighted by Crippen LogP contribution is -1.97. The lowest BCUT2D eigenvalue weighted by molar-refractivity contribution is 0.0697. The molecule has 0 aliphatic carbocycles. The van der Waals surface area contributed by atoms with Gasteiger partial charge in [-0.15, -0.1) is 0 Å². The summed E-state index contributed by atoms with van der Waals surface area (Å²) in [6.45, 7) is 0. The summed E-state index contributed by atoms with van der Waals surface area (Å²) in [6, 6.07) is 124. The summed E-state index contributed by atoms with van der Waals surface area (Å²) in [5.74, 6) is 4.06. The van der Waals surface area contributed by atoms with Gasteiger partial charge in [-0.25, -0.2) is 34.7 Å². The second kappa shape index (κ2) is 30.5. The van der Waals surface area contributed by atoms with Crippen molar-refractivity contribution in [3.05, 3.63) is 386 Å². The van der Waals surface area contributed by atoms with Crippen LogP contribution in [0.4, 0.5) is 0 Å². The number of aromatic carboxylic acids is 1. The predicted octanol–water partition coefficient (Wildman–Crippen LogP) is 28.3. The van der Waals surface area contributed by atoms with Crippen LogP contribution in [-0.2, 0) is 0 Å². The third-order valence-electron chi connectivity index (χ3n) is 22.4. The zero-order valence-corrected chi connectivity index (χ0v) is 65.8. The molecule has 4 aromatic heterocycles. The van der Waals surface area contributed by atoms with Gasteiger partial charge in [0.25, 0.3) is 0 Å². The summed E-state index contributed by atoms with van der Waals surface area (Å²) >= 11 is 1.52. The van der Waals surface area contributed by atoms with E-state index in [4.69, 9.17) is 48.9 Å². The van der Waals surface area contributed by atoms with E-state index in [0.717, 1.165) is 106 Å². The van der Waals surface area contributed by atoms with Gasteiger partial charge in [-0.05, 0) is 104 Å². The smallest absolute Gasteiger partial charge is 0.335 e. The normalized spacial score (nSPS) is 11.5. The Kier molecular flexibility index (Phi) is 18.0. The van der Waals surface area contributed by atoms with E-state index in [1.165, 1.54) is 11.3 Å². The number of carboxylic acids is 1. The summed E-state index contributed by atoms with van der Waals surface area (Å²) in [6.07, 6.45) is 0. The molecule has 0 atom stereocenters. The van der Waals surface area contributed by atoms with Crippen LogP contribution < -0.4 is 18.9 Å². The number of thiophene rings is 1. The number of hydrogen-bond acceptors (Lipinski definition) is 12. The van der Waals surface area contributed by atoms with Crippen molar-refractivity contribution in [2.75, 3.05) is 0 Å². The zero-order valence-electron chi connectivity index (χ0n) is 65.0. The van der Waals surface area contributed by atoms with Crippen LogP contribution in [0, 0.1) is 0 Å². The zero-order chi connectivity index (χ0) is 81.1. The molecule has 3 N–H and O–H groups in total. The minimum absolute atomic E-state index is 0.116. The van der Waals surface area contributed by atoms with Gasteiger partial charge in [-0.2, -0.15) is 11.3 Å². The Hall–Kier alpha value is -16.5. The Balaban J connectivity index is 0.839. The van der Waals surface area contributed by atoms with Crippen LogP contribution in [0.5, 0.6) is 46.0 Å². The minimum Gasteiger partial charge on any atom is -0.478 e. The highest BCUT2D eigenvalue weighted by molar-refractivity contribution is 7.08. The lowest BCUT2D eigenvalue weighted by atomic mass is 9.97. The van der Waals surface area contributed by atoms with Crippen molar-refractivity contribution >= 4 is 72.2 Å². The number of nitrogens with zero attached hydrogens (tertiary/aromatic N) is 6. The van der Waals surface area contributed by atoms with Gasteiger partial charge in [-0.1, -0.05) is 322 Å². The van der Waals surface area contributed by atoms with E-state index < -0.39 is 5.97 Å². The Bertz CT molecular complexity index is 7480. The number of benzene rings is 16. The Morgan fingerprint density at radius 2 is 0.475 bits per heavy atom. The maximum absolute atomic E-state index is 12.9. The molecular formula is C107H66N8O6S. The molecule has 0 fully saturated rings. The van der Waals surface area contributed by atoms with Crippen molar-refractivity contribution in [3.63, 3.8) is 0 Å². The minimum atomic E-state index is -1.07. The number of rotatable bonds is 17. The van der Waals surface area contributed by atoms with Crippen LogP contribution in [0.25, 0.3) is 189 Å². The van der Waals surface area contributed by atoms with Gasteiger partial charge >= 0.3 is 5.97 Å². The molecule has 22 rings (SSSR count). The first-order chi connectivity index (χ1) is 60.3. The van der Waals surface area contributed by atoms with Gasteiger partial charge < -0.3 is 34.0 Å². The molecule has 576 valence electrons. The molecular weight excluding hydrogens is 1530 g/mol. The highest BCUT2D eigenvalue weighted by Crippen LogP contribution is 2.54. The maximum Gasteiger partial charge on any atom is 0.335 e. The van der Waals surface area contributed by atoms with E-state index >= 15 is 0 Å². The van der Waals surface area contributed by atoms with Crippen molar-refractivity contribution in [3.8, 4) is 181 Å². The maximum atomic E-state index is 12.9. The molecule has 122 heavy (non-hydrogen) atoms. The highest BCUT2D eigenvalue weighted by atomic mass is 32.1. The van der Waals surface area contributed by atoms with Crippen molar-refractivity contribution < 1.29 is 28.8 Å². The molecule has 0 spiro atoms. The van der Waals surface area contributed by atoms with E-state index in [2.05, 4.69) is 180 Å². The molecule has 15 heteroatoms. The number of hydrogen-bond donors (Lipinski definition) is 3. The fourth-order valence-electron chi connectivity index (χ4n) is 16.5. The average Bonchev–Trinajstić information content (AvgIpc) is 1.57. The van der Waals surface area contributed by atoms with Gasteiger partial charge in [0.2, 0.25) is 0 Å². The van der Waals surface area contributed by atoms with Crippen molar-refractivity contribution in [1.82, 2.24) is 39.9 Å². The number of fused-ring (bicyclic) bond motifs is 21. The monoisotopic (exact) mass is 1590 g/mol. The van der Waals surface area contributed by atoms with Crippen LogP contribution in [0.2, 0.25) is 0 Å². The Labute approximate surface area is 703 Å². The third-order valence-corrected chi connectivity index (χ3v) is 23.1. The molecule has 0 unspecified atom stereocenters. The summed E-state index contributed by atoms with van der Waals surface area (Å²) in [7, 11) is 0. The van der Waals surface area contributed by atoms with Crippen molar-refractivity contribution in [2.45, 2.75) is 0 Å². The molecule has 14 nitrogen and oxygen atoms in total. The first-order valence-corrected chi connectivity index (χ1v) is 40.9. The highest BCUT2D eigenvalue weighted by Gasteiger charge is 2.30. The van der Waals surface area contributed by atoms with Crippen molar-refractivity contribution in [1.29, 1.82) is 0 Å². The average molecular weight is 1590 g/mol. The SMILES string of the molecule is O=C(O)c1ccc2cc3c(cc2c1)-c1nc-3nc2[nH]c(nc3nc(nc4[nH]c(n1)c1cc(Oc5c(-c6ccccc6)cccc5-c5ccccc5)c(Oc5c(-c6ccccc6)cccc5-c5ccccc5)cc41)-c1cscc1-3)c1cc(Oc3c(-c4ccccc4)cccc3-c3ccccc3)c(Oc3c(-c4ccccc4)cccc3-c3ccccc3)cc21. The van der Waals surface area contributed by atoms with Crippen LogP contribution in [0.3, 0.4) is 0 Å². The van der Waals surface area contributed by atoms with E-state index in [0.29, 0.717) is 124 Å². The first kappa shape index (κ1) is 72.0. The summed E-state index contributed by atoms with van der Waals surface area (Å²) in [5.41, 5.74) is 18.7. The fourth-order valence-corrected chi connectivity index (χ4v) is 17.3. The predicted molar refractivity (Wildman–Crippen MR) is 488 cm³/mol. The van der Waals surface area contributed by atoms with E-state index in [-0.39, 0.29) is 11.4 Å². The van der Waals surface area contributed by atoms with E-state index in [9.17, 15) is 9.90 Å². The van der Waals surface area contributed by atoms with Crippen molar-refractivity contribution in [2.24, 2.45) is 0 Å². The molecule has 0 saturated carbocycles. The van der Waals surface area contributed by atoms with Crippen LogP contribution >= 0.6 is 11.3 Å². The molecule has 2 aliphatic heterocycles. The third kappa shape index (κ3) is 13.3. The molecule has 0 amide bonds. The fraction of sp³-hybridized carbons (Fsp3) is 0. The number of aromatic nitrogens is 8. The standard InChI is InChI=1S/C107H66N8O6S/c116-107(117)73-54-53-72-56-83-84(57-74(72)55-73)100-108-99(83)109-101-85-58-91(118-95-75(64-29-9-1-10-30-64)45-25-46-76(95)65-31-11-2-12-32-65)93(120-97-79(68-37-17-5-18-38-68)49-27-50-80(97)69-39-19-6-20-40-69)60-87(85)103(111-101)113-105-89-62-122-63-90(89)106(115-105)114-104-88-61-94(121-98-81(70-41-21-7-22-42-70)51-28-52-82(98)71-43-23-8-24-44-71)92(59-86(88)102(110-100)112-104)119-96-77(66-33-13-3-14-34-66)47-26-48-78(96)67-35-15-4-16-36-67/h1-63H,(H,116,117)(H2,108,109,110,111,112,113,114,115). The molecule has 16 aromatic carbocycles. The number of ether oxygens (including phenoxy) is 4. The number of nitrogens with one attached hydrogen (secondary N) is 2. The number of aromatic amines is 2. The first-order valence-electron chi connectivity index (χ1n) is 40.0. The second-order valence-electron chi connectivity index (χ2n) is 29.8. The Morgan fingerprint density at radius 1 is 0.238 bits per heavy atom. The summed E-state index contributed by atoms with van der Waals surface area (Å²) in [5, 5.41) is 18.4. The van der Waals surface area contributed by atoms with E-state index in [1.807, 2.05) is 199 Å². The van der Waals surface area contributed by atoms with Gasteiger partial charge in [0, 0.05) is 99.1 Å². The molecule has 8 bridgehead atoms. The molecule has 0 saturated heterocycles. The molecule has 2 aliphatic rings. The number of carbonyl (C=O) groups is 1. The van der Waals surface area contributed by atoms with Crippen LogP contribution in [0.1, 0.15) is 10.4 Å². The van der Waals surface area contributed by atoms with Gasteiger partial charge in [-0.3, -0.25) is 0 Å². The van der Waals surface area contributed by atoms with Crippen LogP contribution in [-0.4, -0.2) is 50.9 Å². The second-order valence-corrected chi connectivity index (χ2v) is 30.6. The van der Waals surface area contributed by atoms with Crippen LogP contribution in [0.15, 0.2) is 381 Å². The summed E-state index contributed by atoms with van der Waals surface area (Å²) < 4.78 is 30.9. The topological polar surface area (TPSA) is 183 Å². The Morgan fingerprint density at radius 3 is 0.721 bits per heavy atom. The number of carboxylic acid groups (broad SMARTS) is 1.